The number of hydrogen-bond donors (Lipinski definition) is 1. The van der Waals surface area contributed by atoms with Gasteiger partial charge in [0.15, 0.2) is 0 Å². The molecule has 5 nitrogen and oxygen atoms in total. The van der Waals surface area contributed by atoms with E-state index in [1.54, 1.807) is 4.90 Å². The van der Waals surface area contributed by atoms with Crippen molar-refractivity contribution in [2.75, 3.05) is 26.2 Å². The standard InChI is InChI=1S/C8H17N3O2/c1-7(2)10-3-5-11(6-4-10)8(12)13-9/h7H,3-6,9H2,1-2H3. The molecule has 13 heavy (non-hydrogen) atoms. The van der Waals surface area contributed by atoms with Crippen LogP contribution in [0, 0.1) is 0 Å². The molecule has 76 valence electrons. The Morgan fingerprint density at radius 2 is 1.85 bits per heavy atom. The Morgan fingerprint density at radius 1 is 1.31 bits per heavy atom. The minimum Gasteiger partial charge on any atom is -0.357 e. The summed E-state index contributed by atoms with van der Waals surface area (Å²) in [5.74, 6) is 4.79. The number of carbonyl (C=O) groups is 1. The van der Waals surface area contributed by atoms with Gasteiger partial charge < -0.3 is 9.74 Å². The molecule has 0 aromatic carbocycles. The van der Waals surface area contributed by atoms with Crippen LogP contribution in [0.1, 0.15) is 13.8 Å². The molecule has 0 bridgehead atoms. The van der Waals surface area contributed by atoms with Crippen LogP contribution in [-0.2, 0) is 4.84 Å². The quantitative estimate of drug-likeness (QED) is 0.588. The maximum Gasteiger partial charge on any atom is 0.428 e. The Morgan fingerprint density at radius 3 is 2.23 bits per heavy atom. The predicted octanol–water partition coefficient (Wildman–Crippen LogP) is 0.0227. The Hall–Kier alpha value is -0.810. The zero-order valence-electron chi connectivity index (χ0n) is 8.19. The number of nitrogens with zero attached hydrogens (tertiary/aromatic N) is 2. The highest BCUT2D eigenvalue weighted by Gasteiger charge is 2.22. The summed E-state index contributed by atoms with van der Waals surface area (Å²) in [6, 6.07) is 0.538. The molecule has 0 unspecified atom stereocenters. The third-order valence-electron chi connectivity index (χ3n) is 2.40. The van der Waals surface area contributed by atoms with Gasteiger partial charge in [0.25, 0.3) is 0 Å². The molecule has 1 rings (SSSR count). The predicted molar refractivity (Wildman–Crippen MR) is 49.0 cm³/mol. The molecule has 0 spiro atoms. The van der Waals surface area contributed by atoms with Crippen molar-refractivity contribution in [3.05, 3.63) is 0 Å². The molecule has 0 atom stereocenters. The van der Waals surface area contributed by atoms with Crippen molar-refractivity contribution in [2.24, 2.45) is 5.90 Å². The highest BCUT2D eigenvalue weighted by atomic mass is 16.7. The van der Waals surface area contributed by atoms with Gasteiger partial charge in [-0.05, 0) is 13.8 Å². The van der Waals surface area contributed by atoms with E-state index in [0.29, 0.717) is 19.1 Å². The first-order chi connectivity index (χ1) is 6.15. The number of piperazine rings is 1. The van der Waals surface area contributed by atoms with Crippen LogP contribution in [0.4, 0.5) is 4.79 Å². The first-order valence-corrected chi connectivity index (χ1v) is 4.55. The van der Waals surface area contributed by atoms with Crippen molar-refractivity contribution in [2.45, 2.75) is 19.9 Å². The number of carbonyl (C=O) groups excluding carboxylic acids is 1. The highest BCUT2D eigenvalue weighted by Crippen LogP contribution is 2.05. The van der Waals surface area contributed by atoms with E-state index in [2.05, 4.69) is 23.6 Å². The molecule has 1 aliphatic heterocycles. The molecule has 1 heterocycles. The smallest absolute Gasteiger partial charge is 0.357 e. The van der Waals surface area contributed by atoms with Gasteiger partial charge in [0.1, 0.15) is 0 Å². The molecule has 0 aromatic heterocycles. The molecule has 0 radical (unpaired) electrons. The van der Waals surface area contributed by atoms with Gasteiger partial charge in [-0.15, -0.1) is 0 Å². The van der Waals surface area contributed by atoms with Gasteiger partial charge in [-0.3, -0.25) is 4.90 Å². The van der Waals surface area contributed by atoms with Crippen molar-refractivity contribution in [3.8, 4) is 0 Å². The van der Waals surface area contributed by atoms with Gasteiger partial charge in [-0.25, -0.2) is 4.79 Å². The molecule has 1 amide bonds. The lowest BCUT2D eigenvalue weighted by Gasteiger charge is -2.35. The van der Waals surface area contributed by atoms with Gasteiger partial charge in [0.05, 0.1) is 0 Å². The zero-order chi connectivity index (χ0) is 9.84. The maximum absolute atomic E-state index is 11.0. The van der Waals surface area contributed by atoms with Gasteiger partial charge in [0.2, 0.25) is 0 Å². The number of nitrogens with two attached hydrogens (primary N) is 1. The summed E-state index contributed by atoms with van der Waals surface area (Å²) in [4.78, 5) is 19.1. The second kappa shape index (κ2) is 4.43. The average molecular weight is 187 g/mol. The maximum atomic E-state index is 11.0. The second-order valence-corrected chi connectivity index (χ2v) is 3.50. The fourth-order valence-corrected chi connectivity index (χ4v) is 1.50. The van der Waals surface area contributed by atoms with E-state index in [0.717, 1.165) is 13.1 Å². The first kappa shape index (κ1) is 10.3. The molecule has 1 fully saturated rings. The third-order valence-corrected chi connectivity index (χ3v) is 2.40. The van der Waals surface area contributed by atoms with Gasteiger partial charge >= 0.3 is 6.09 Å². The van der Waals surface area contributed by atoms with Crippen LogP contribution in [0.15, 0.2) is 0 Å². The minimum atomic E-state index is -0.427. The zero-order valence-corrected chi connectivity index (χ0v) is 8.19. The Balaban J connectivity index is 2.34. The van der Waals surface area contributed by atoms with Crippen molar-refractivity contribution in [3.63, 3.8) is 0 Å². The molecule has 1 aliphatic rings. The monoisotopic (exact) mass is 187 g/mol. The molecule has 2 N–H and O–H groups in total. The summed E-state index contributed by atoms with van der Waals surface area (Å²) in [7, 11) is 0. The van der Waals surface area contributed by atoms with E-state index in [1.165, 1.54) is 0 Å². The summed E-state index contributed by atoms with van der Waals surface area (Å²) in [5, 5.41) is 0. The van der Waals surface area contributed by atoms with E-state index in [1.807, 2.05) is 0 Å². The van der Waals surface area contributed by atoms with Crippen LogP contribution in [0.25, 0.3) is 0 Å². The molecule has 1 saturated heterocycles. The van der Waals surface area contributed by atoms with Crippen molar-refractivity contribution >= 4 is 6.09 Å². The summed E-state index contributed by atoms with van der Waals surface area (Å²) in [6.07, 6.45) is -0.427. The van der Waals surface area contributed by atoms with Crippen molar-refractivity contribution in [1.29, 1.82) is 0 Å². The van der Waals surface area contributed by atoms with E-state index in [4.69, 9.17) is 5.90 Å². The van der Waals surface area contributed by atoms with Crippen molar-refractivity contribution in [1.82, 2.24) is 9.80 Å². The Bertz CT molecular complexity index is 176. The summed E-state index contributed by atoms with van der Waals surface area (Å²) in [5.41, 5.74) is 0. The lowest BCUT2D eigenvalue weighted by Crippen LogP contribution is -2.51. The van der Waals surface area contributed by atoms with Crippen LogP contribution in [0.2, 0.25) is 0 Å². The molecule has 0 saturated carbocycles. The SMILES string of the molecule is CC(C)N1CCN(C(=O)ON)CC1. The summed E-state index contributed by atoms with van der Waals surface area (Å²) < 4.78 is 0. The van der Waals surface area contributed by atoms with Gasteiger partial charge in [-0.1, -0.05) is 0 Å². The number of amides is 1. The van der Waals surface area contributed by atoms with Gasteiger partial charge in [-0.2, -0.15) is 5.90 Å². The number of rotatable bonds is 1. The van der Waals surface area contributed by atoms with E-state index >= 15 is 0 Å². The fourth-order valence-electron chi connectivity index (χ4n) is 1.50. The lowest BCUT2D eigenvalue weighted by molar-refractivity contribution is 0.0684. The first-order valence-electron chi connectivity index (χ1n) is 4.55. The second-order valence-electron chi connectivity index (χ2n) is 3.50. The largest absolute Gasteiger partial charge is 0.428 e. The normalized spacial score (nSPS) is 19.2. The third kappa shape index (κ3) is 2.57. The van der Waals surface area contributed by atoms with Crippen LogP contribution < -0.4 is 5.90 Å². The summed E-state index contributed by atoms with van der Waals surface area (Å²) >= 11 is 0. The Labute approximate surface area is 78.4 Å². The highest BCUT2D eigenvalue weighted by molar-refractivity contribution is 5.67. The van der Waals surface area contributed by atoms with Crippen LogP contribution in [0.5, 0.6) is 0 Å². The number of hydrogen-bond acceptors (Lipinski definition) is 4. The summed E-state index contributed by atoms with van der Waals surface area (Å²) in [6.45, 7) is 7.50. The average Bonchev–Trinajstić information content (AvgIpc) is 2.17. The van der Waals surface area contributed by atoms with Gasteiger partial charge in [0, 0.05) is 32.2 Å². The molecular formula is C8H17N3O2. The van der Waals surface area contributed by atoms with E-state index in [9.17, 15) is 4.79 Å². The van der Waals surface area contributed by atoms with E-state index < -0.39 is 6.09 Å². The topological polar surface area (TPSA) is 58.8 Å². The van der Waals surface area contributed by atoms with Crippen LogP contribution in [-0.4, -0.2) is 48.1 Å². The molecule has 0 aliphatic carbocycles. The molecular weight excluding hydrogens is 170 g/mol. The van der Waals surface area contributed by atoms with Crippen LogP contribution in [0.3, 0.4) is 0 Å². The molecule has 5 heteroatoms. The Kier molecular flexibility index (Phi) is 3.50. The van der Waals surface area contributed by atoms with Crippen molar-refractivity contribution < 1.29 is 9.63 Å². The molecule has 0 aromatic rings. The lowest BCUT2D eigenvalue weighted by atomic mass is 10.2. The fraction of sp³-hybridized carbons (Fsp3) is 0.875. The van der Waals surface area contributed by atoms with Crippen LogP contribution >= 0.6 is 0 Å². The van der Waals surface area contributed by atoms with E-state index in [-0.39, 0.29) is 0 Å². The minimum absolute atomic E-state index is 0.427.